The van der Waals surface area contributed by atoms with Gasteiger partial charge in [0, 0.05) is 46.2 Å². The summed E-state index contributed by atoms with van der Waals surface area (Å²) in [6.45, 7) is 10.1. The Morgan fingerprint density at radius 1 is 1.09 bits per heavy atom. The van der Waals surface area contributed by atoms with E-state index in [1.807, 2.05) is 89.3 Å². The van der Waals surface area contributed by atoms with Gasteiger partial charge in [-0.15, -0.1) is 11.3 Å². The average Bonchev–Trinajstić information content (AvgIpc) is 3.54. The maximum Gasteiger partial charge on any atom is 0.337 e. The normalized spacial score (nSPS) is 13.9. The summed E-state index contributed by atoms with van der Waals surface area (Å²) in [6, 6.07) is 15.6. The maximum absolute atomic E-state index is 12.6. The maximum atomic E-state index is 12.6. The molecule has 1 aliphatic rings. The Bertz CT molecular complexity index is 1880. The standard InChI is InChI=1S/C33H32ClN5O3S/c1-17-13-24-30(28(19-7-9-21(34)10-8-19)27(17)29(32(40)41)42-33(3,4)5)43-31(38-24)20-14-22(18(2)35-15-20)23-11-12-26-25(37-23)16-36-39(26)6/h7-15,29,36H,16H2,1-6H3,(H,40,41)/t29-/m0/s1. The zero-order valence-electron chi connectivity index (χ0n) is 24.8. The number of anilines is 1. The number of ether oxygens (including phenoxy) is 1. The molecule has 3 aromatic heterocycles. The van der Waals surface area contributed by atoms with Crippen LogP contribution in [0.2, 0.25) is 5.02 Å². The van der Waals surface area contributed by atoms with Crippen LogP contribution in [-0.2, 0) is 16.1 Å². The molecule has 0 aliphatic carbocycles. The van der Waals surface area contributed by atoms with Gasteiger partial charge in [0.25, 0.3) is 0 Å². The van der Waals surface area contributed by atoms with Gasteiger partial charge in [-0.1, -0.05) is 23.7 Å². The molecule has 0 amide bonds. The molecule has 0 bridgehead atoms. The van der Waals surface area contributed by atoms with E-state index < -0.39 is 17.7 Å². The predicted molar refractivity (Wildman–Crippen MR) is 172 cm³/mol. The Labute approximate surface area is 259 Å². The highest BCUT2D eigenvalue weighted by molar-refractivity contribution is 7.22. The zero-order valence-corrected chi connectivity index (χ0v) is 26.4. The highest BCUT2D eigenvalue weighted by Crippen LogP contribution is 2.44. The molecular weight excluding hydrogens is 582 g/mol. The number of hydrazine groups is 1. The Kier molecular flexibility index (Phi) is 7.46. The SMILES string of the molecule is Cc1cc2nc(-c3cnc(C)c(-c4ccc5c(n4)CNN5C)c3)sc2c(-c2ccc(Cl)cc2)c1[C@H](OC(C)(C)C)C(=O)O. The second-order valence-corrected chi connectivity index (χ2v) is 13.2. The Hall–Kier alpha value is -3.89. The number of halogens is 1. The van der Waals surface area contributed by atoms with E-state index in [4.69, 9.17) is 31.3 Å². The second-order valence-electron chi connectivity index (χ2n) is 11.7. The number of benzene rings is 2. The van der Waals surface area contributed by atoms with E-state index in [1.165, 1.54) is 11.3 Å². The predicted octanol–water partition coefficient (Wildman–Crippen LogP) is 7.75. The molecule has 0 unspecified atom stereocenters. The topological polar surface area (TPSA) is 100 Å². The van der Waals surface area contributed by atoms with Crippen LogP contribution in [0.4, 0.5) is 5.69 Å². The Morgan fingerprint density at radius 3 is 2.53 bits per heavy atom. The molecule has 6 rings (SSSR count). The number of aryl methyl sites for hydroxylation is 2. The van der Waals surface area contributed by atoms with Gasteiger partial charge in [0.05, 0.1) is 39.4 Å². The lowest BCUT2D eigenvalue weighted by atomic mass is 9.91. The average molecular weight is 614 g/mol. The molecule has 0 fully saturated rings. The van der Waals surface area contributed by atoms with Gasteiger partial charge < -0.3 is 14.9 Å². The van der Waals surface area contributed by atoms with Crippen LogP contribution in [0.5, 0.6) is 0 Å². The molecule has 10 heteroatoms. The van der Waals surface area contributed by atoms with Crippen LogP contribution in [0.25, 0.3) is 43.2 Å². The zero-order chi connectivity index (χ0) is 30.6. The summed E-state index contributed by atoms with van der Waals surface area (Å²) < 4.78 is 7.01. The monoisotopic (exact) mass is 613 g/mol. The van der Waals surface area contributed by atoms with Crippen molar-refractivity contribution >= 4 is 44.8 Å². The number of thiazole rings is 1. The van der Waals surface area contributed by atoms with Gasteiger partial charge in [0.2, 0.25) is 0 Å². The van der Waals surface area contributed by atoms with E-state index in [0.29, 0.717) is 17.1 Å². The summed E-state index contributed by atoms with van der Waals surface area (Å²) in [5.74, 6) is -1.05. The Morgan fingerprint density at radius 2 is 1.84 bits per heavy atom. The molecule has 0 saturated carbocycles. The number of pyridine rings is 2. The van der Waals surface area contributed by atoms with Crippen LogP contribution in [0, 0.1) is 13.8 Å². The van der Waals surface area contributed by atoms with Crippen LogP contribution in [0.1, 0.15) is 49.4 Å². The number of carbonyl (C=O) groups is 1. The molecular formula is C33H32ClN5O3S. The lowest BCUT2D eigenvalue weighted by molar-refractivity contribution is -0.160. The molecule has 0 saturated heterocycles. The molecule has 4 heterocycles. The summed E-state index contributed by atoms with van der Waals surface area (Å²) in [5.41, 5.74) is 12.0. The third-order valence-electron chi connectivity index (χ3n) is 7.42. The fourth-order valence-corrected chi connectivity index (χ4v) is 6.66. The van der Waals surface area contributed by atoms with Gasteiger partial charge in [-0.2, -0.15) is 0 Å². The summed E-state index contributed by atoms with van der Waals surface area (Å²) >= 11 is 7.75. The molecule has 8 nitrogen and oxygen atoms in total. The number of rotatable bonds is 6. The number of hydrogen-bond acceptors (Lipinski definition) is 8. The summed E-state index contributed by atoms with van der Waals surface area (Å²) in [7, 11) is 1.98. The minimum Gasteiger partial charge on any atom is -0.479 e. The fraction of sp³-hybridized carbons (Fsp3) is 0.273. The van der Waals surface area contributed by atoms with Crippen molar-refractivity contribution in [1.82, 2.24) is 20.4 Å². The molecule has 0 spiro atoms. The first-order valence-corrected chi connectivity index (χ1v) is 15.1. The second kappa shape index (κ2) is 11.0. The highest BCUT2D eigenvalue weighted by Gasteiger charge is 2.32. The van der Waals surface area contributed by atoms with Gasteiger partial charge in [-0.3, -0.25) is 4.98 Å². The smallest absolute Gasteiger partial charge is 0.337 e. The molecule has 220 valence electrons. The minimum absolute atomic E-state index is 0.598. The third kappa shape index (κ3) is 5.61. The van der Waals surface area contributed by atoms with Crippen LogP contribution in [0.15, 0.2) is 54.7 Å². The first kappa shape index (κ1) is 29.2. The van der Waals surface area contributed by atoms with Crippen molar-refractivity contribution in [2.24, 2.45) is 0 Å². The quantitative estimate of drug-likeness (QED) is 0.200. The van der Waals surface area contributed by atoms with Crippen LogP contribution in [-0.4, -0.2) is 38.7 Å². The molecule has 0 radical (unpaired) electrons. The van der Waals surface area contributed by atoms with Crippen molar-refractivity contribution in [1.29, 1.82) is 0 Å². The molecule has 2 aromatic carbocycles. The van der Waals surface area contributed by atoms with E-state index in [9.17, 15) is 9.90 Å². The van der Waals surface area contributed by atoms with Gasteiger partial charge in [-0.05, 0) is 82.1 Å². The lowest BCUT2D eigenvalue weighted by Gasteiger charge is -2.28. The van der Waals surface area contributed by atoms with E-state index >= 15 is 0 Å². The molecule has 2 N–H and O–H groups in total. The lowest BCUT2D eigenvalue weighted by Crippen LogP contribution is -2.28. The van der Waals surface area contributed by atoms with Crippen LogP contribution in [0.3, 0.4) is 0 Å². The minimum atomic E-state index is -1.17. The van der Waals surface area contributed by atoms with Gasteiger partial charge >= 0.3 is 5.97 Å². The van der Waals surface area contributed by atoms with E-state index in [-0.39, 0.29) is 0 Å². The van der Waals surface area contributed by atoms with Gasteiger partial charge in [0.15, 0.2) is 6.10 Å². The summed E-state index contributed by atoms with van der Waals surface area (Å²) in [4.78, 5) is 27.3. The number of carboxylic acids is 1. The number of carboxylic acid groups (broad SMARTS) is 1. The first-order valence-electron chi connectivity index (χ1n) is 13.9. The molecule has 43 heavy (non-hydrogen) atoms. The summed E-state index contributed by atoms with van der Waals surface area (Å²) in [6.07, 6.45) is 0.658. The summed E-state index contributed by atoms with van der Waals surface area (Å²) in [5, 5.41) is 13.7. The number of hydrogen-bond donors (Lipinski definition) is 2. The van der Waals surface area contributed by atoms with Crippen molar-refractivity contribution in [2.75, 3.05) is 12.1 Å². The first-order chi connectivity index (χ1) is 20.4. The van der Waals surface area contributed by atoms with Crippen LogP contribution >= 0.6 is 22.9 Å². The largest absolute Gasteiger partial charge is 0.479 e. The molecule has 1 atom stereocenters. The van der Waals surface area contributed by atoms with Crippen molar-refractivity contribution < 1.29 is 14.6 Å². The molecule has 5 aromatic rings. The highest BCUT2D eigenvalue weighted by atomic mass is 35.5. The van der Waals surface area contributed by atoms with Crippen LogP contribution < -0.4 is 10.4 Å². The van der Waals surface area contributed by atoms with Crippen molar-refractivity contribution in [3.63, 3.8) is 0 Å². The van der Waals surface area contributed by atoms with Crippen molar-refractivity contribution in [3.8, 4) is 33.0 Å². The number of fused-ring (bicyclic) bond motifs is 2. The third-order valence-corrected chi connectivity index (χ3v) is 8.81. The van der Waals surface area contributed by atoms with E-state index in [1.54, 1.807) is 0 Å². The number of nitrogens with zero attached hydrogens (tertiary/aromatic N) is 4. The number of aromatic nitrogens is 3. The number of nitrogens with one attached hydrogen (secondary N) is 1. The van der Waals surface area contributed by atoms with E-state index in [0.717, 1.165) is 65.8 Å². The Balaban J connectivity index is 1.53. The van der Waals surface area contributed by atoms with Gasteiger partial charge in [0.1, 0.15) is 5.01 Å². The van der Waals surface area contributed by atoms with Gasteiger partial charge in [-0.25, -0.2) is 20.2 Å². The number of aliphatic carboxylic acids is 1. The van der Waals surface area contributed by atoms with Crippen molar-refractivity contribution in [2.45, 2.75) is 52.9 Å². The molecule has 1 aliphatic heterocycles. The fourth-order valence-electron chi connectivity index (χ4n) is 5.43. The van der Waals surface area contributed by atoms with Crippen molar-refractivity contribution in [3.05, 3.63) is 82.3 Å². The van der Waals surface area contributed by atoms with E-state index in [2.05, 4.69) is 17.6 Å².